The fourth-order valence-corrected chi connectivity index (χ4v) is 7.39. The van der Waals surface area contributed by atoms with E-state index in [1.807, 2.05) is 0 Å². The Morgan fingerprint density at radius 3 is 2.87 bits per heavy atom. The predicted octanol–water partition coefficient (Wildman–Crippen LogP) is 3.20. The minimum atomic E-state index is -0.989. The number of carbonyl (C=O) groups excluding carboxylic acids is 1. The largest absolute Gasteiger partial charge is 0.481 e. The number of likely N-dealkylation sites (tertiary alicyclic amines) is 1. The summed E-state index contributed by atoms with van der Waals surface area (Å²) in [6.07, 6.45) is 2.48. The maximum absolute atomic E-state index is 14.7. The van der Waals surface area contributed by atoms with Crippen LogP contribution in [0.1, 0.15) is 41.9 Å². The Hall–Kier alpha value is -3.22. The zero-order valence-electron chi connectivity index (χ0n) is 21.4. The highest BCUT2D eigenvalue weighted by atomic mass is 32.1. The topological polar surface area (TPSA) is 113 Å². The number of halogens is 2. The Kier molecular flexibility index (Phi) is 6.51. The highest BCUT2D eigenvalue weighted by Gasteiger charge is 2.73. The second-order valence-corrected chi connectivity index (χ2v) is 11.3. The lowest BCUT2D eigenvalue weighted by Crippen LogP contribution is -2.80. The summed E-state index contributed by atoms with van der Waals surface area (Å²) < 4.78 is 40.0. The number of aromatic nitrogens is 1. The summed E-state index contributed by atoms with van der Waals surface area (Å²) in [5, 5.41) is 15.1. The standard InChI is InChI=1S/C27H28F2N4O5S/c1-3-38-26(36)21-17(10-33-18-8-14(9-20(34)35)27(18)12-37-11-19(27)33)31-24(25-30-6-7-39-25)32-23(21)15-4-5-16(28)22(29)13(15)2/h4-7,14,18-19,23H,3,8-12H2,1-2H3,(H,31,32)(H,34,35)/t14-,18-,19-,23+,27?/m1/s1. The van der Waals surface area contributed by atoms with Crippen LogP contribution in [0.2, 0.25) is 0 Å². The fraction of sp³-hybridized carbons (Fsp3) is 0.481. The van der Waals surface area contributed by atoms with Crippen LogP contribution in [0.15, 0.2) is 40.0 Å². The van der Waals surface area contributed by atoms with Gasteiger partial charge in [-0.1, -0.05) is 6.07 Å². The molecule has 12 heteroatoms. The summed E-state index contributed by atoms with van der Waals surface area (Å²) in [6.45, 7) is 4.63. The average Bonchev–Trinajstić information content (AvgIpc) is 3.59. The zero-order chi connectivity index (χ0) is 27.5. The molecular weight excluding hydrogens is 530 g/mol. The molecule has 3 fully saturated rings. The van der Waals surface area contributed by atoms with Gasteiger partial charge in [-0.2, -0.15) is 0 Å². The Labute approximate surface area is 227 Å². The van der Waals surface area contributed by atoms with Gasteiger partial charge < -0.3 is 19.9 Å². The maximum Gasteiger partial charge on any atom is 0.338 e. The molecule has 4 heterocycles. The first-order valence-corrected chi connectivity index (χ1v) is 13.8. The molecule has 5 atom stereocenters. The molecule has 39 heavy (non-hydrogen) atoms. The maximum atomic E-state index is 14.7. The van der Waals surface area contributed by atoms with Gasteiger partial charge in [0.25, 0.3) is 0 Å². The zero-order valence-corrected chi connectivity index (χ0v) is 22.3. The van der Waals surface area contributed by atoms with E-state index in [0.717, 1.165) is 12.5 Å². The van der Waals surface area contributed by atoms with Crippen molar-refractivity contribution in [2.45, 2.75) is 44.8 Å². The van der Waals surface area contributed by atoms with Crippen LogP contribution in [0.5, 0.6) is 0 Å². The first-order chi connectivity index (χ1) is 18.8. The number of nitrogens with zero attached hydrogens (tertiary/aromatic N) is 3. The summed E-state index contributed by atoms with van der Waals surface area (Å²) in [6, 6.07) is 1.69. The fourth-order valence-electron chi connectivity index (χ4n) is 6.80. The van der Waals surface area contributed by atoms with Gasteiger partial charge in [0.1, 0.15) is 6.04 Å². The van der Waals surface area contributed by atoms with Crippen molar-refractivity contribution < 1.29 is 33.0 Å². The number of thiazole rings is 1. The summed E-state index contributed by atoms with van der Waals surface area (Å²) in [4.78, 5) is 36.2. The summed E-state index contributed by atoms with van der Waals surface area (Å²) in [7, 11) is 0. The van der Waals surface area contributed by atoms with Crippen molar-refractivity contribution in [3.05, 3.63) is 62.7 Å². The number of esters is 1. The average molecular weight is 559 g/mol. The second-order valence-electron chi connectivity index (χ2n) is 10.4. The van der Waals surface area contributed by atoms with Gasteiger partial charge in [-0.25, -0.2) is 18.6 Å². The number of rotatable bonds is 8. The number of carboxylic acid groups (broad SMARTS) is 1. The molecule has 2 saturated heterocycles. The van der Waals surface area contributed by atoms with Gasteiger partial charge in [0.15, 0.2) is 22.5 Å². The predicted molar refractivity (Wildman–Crippen MR) is 137 cm³/mol. The number of ether oxygens (including phenoxy) is 2. The van der Waals surface area contributed by atoms with Crippen molar-refractivity contribution in [2.24, 2.45) is 16.3 Å². The van der Waals surface area contributed by atoms with E-state index in [2.05, 4.69) is 15.2 Å². The lowest BCUT2D eigenvalue weighted by molar-refractivity contribution is -0.222. The number of hydrogen-bond acceptors (Lipinski definition) is 9. The van der Waals surface area contributed by atoms with Crippen molar-refractivity contribution >= 4 is 29.1 Å². The number of amidine groups is 1. The van der Waals surface area contributed by atoms with Crippen molar-refractivity contribution in [3.8, 4) is 0 Å². The molecule has 0 radical (unpaired) electrons. The van der Waals surface area contributed by atoms with Crippen LogP contribution in [-0.2, 0) is 19.1 Å². The van der Waals surface area contributed by atoms with Crippen LogP contribution in [0.4, 0.5) is 8.78 Å². The summed E-state index contributed by atoms with van der Waals surface area (Å²) in [5.74, 6) is -2.90. The number of hydrogen-bond donors (Lipinski definition) is 2. The second kappa shape index (κ2) is 9.76. The van der Waals surface area contributed by atoms with Crippen molar-refractivity contribution in [3.63, 3.8) is 0 Å². The first kappa shape index (κ1) is 26.0. The van der Waals surface area contributed by atoms with E-state index in [1.165, 1.54) is 24.3 Å². The van der Waals surface area contributed by atoms with Crippen LogP contribution >= 0.6 is 11.3 Å². The molecule has 4 aliphatic rings. The Balaban J connectivity index is 1.41. The Morgan fingerprint density at radius 1 is 1.33 bits per heavy atom. The van der Waals surface area contributed by atoms with Gasteiger partial charge in [0.05, 0.1) is 25.4 Å². The molecule has 2 aromatic rings. The number of piperidine rings is 1. The number of aliphatic carboxylic acids is 1. The molecule has 1 spiro atoms. The monoisotopic (exact) mass is 558 g/mol. The SMILES string of the molecule is CCOC(=O)C1=C(CN2[C@@H]3COCC34[C@@H](CC(=O)O)C[C@@H]24)NC(c2nccs2)=N[C@H]1c1ccc(F)c(F)c1C. The third-order valence-corrected chi connectivity index (χ3v) is 9.41. The first-order valence-electron chi connectivity index (χ1n) is 12.9. The smallest absolute Gasteiger partial charge is 0.338 e. The van der Waals surface area contributed by atoms with Gasteiger partial charge in [-0.05, 0) is 43.4 Å². The lowest BCUT2D eigenvalue weighted by Gasteiger charge is -2.71. The van der Waals surface area contributed by atoms with E-state index >= 15 is 0 Å². The molecule has 9 nitrogen and oxygen atoms in total. The number of carboxylic acids is 1. The molecule has 6 rings (SSSR count). The molecule has 1 aromatic heterocycles. The molecule has 3 aliphatic heterocycles. The normalized spacial score (nSPS) is 29.5. The molecule has 1 aromatic carbocycles. The van der Waals surface area contributed by atoms with Crippen LogP contribution in [0, 0.1) is 29.9 Å². The van der Waals surface area contributed by atoms with Crippen LogP contribution in [0.3, 0.4) is 0 Å². The molecule has 1 unspecified atom stereocenters. The number of aliphatic imine (C=N–C) groups is 1. The molecule has 0 amide bonds. The van der Waals surface area contributed by atoms with Crippen LogP contribution in [0.25, 0.3) is 0 Å². The highest BCUT2D eigenvalue weighted by molar-refractivity contribution is 7.11. The molecule has 206 valence electrons. The number of nitrogens with one attached hydrogen (secondary N) is 1. The van der Waals surface area contributed by atoms with Crippen molar-refractivity contribution in [2.75, 3.05) is 26.4 Å². The summed E-state index contributed by atoms with van der Waals surface area (Å²) >= 11 is 1.36. The third kappa shape index (κ3) is 3.99. The minimum Gasteiger partial charge on any atom is -0.481 e. The van der Waals surface area contributed by atoms with Crippen LogP contribution in [-0.4, -0.2) is 71.2 Å². The number of carbonyl (C=O) groups is 2. The van der Waals surface area contributed by atoms with Gasteiger partial charge in [-0.3, -0.25) is 14.7 Å². The Bertz CT molecular complexity index is 1400. The molecule has 0 bridgehead atoms. The van der Waals surface area contributed by atoms with E-state index in [1.54, 1.807) is 18.5 Å². The van der Waals surface area contributed by atoms with Gasteiger partial charge in [0.2, 0.25) is 0 Å². The van der Waals surface area contributed by atoms with Crippen LogP contribution < -0.4 is 5.32 Å². The van der Waals surface area contributed by atoms with E-state index in [0.29, 0.717) is 41.9 Å². The summed E-state index contributed by atoms with van der Waals surface area (Å²) in [5.41, 5.74) is 0.999. The van der Waals surface area contributed by atoms with E-state index in [9.17, 15) is 23.5 Å². The Morgan fingerprint density at radius 2 is 2.15 bits per heavy atom. The lowest BCUT2D eigenvalue weighted by atomic mass is 9.46. The molecule has 2 N–H and O–H groups in total. The van der Waals surface area contributed by atoms with Gasteiger partial charge >= 0.3 is 11.9 Å². The van der Waals surface area contributed by atoms with Gasteiger partial charge in [0, 0.05) is 47.7 Å². The quantitative estimate of drug-likeness (QED) is 0.475. The molecule has 1 saturated carbocycles. The highest BCUT2D eigenvalue weighted by Crippen LogP contribution is 2.65. The van der Waals surface area contributed by atoms with Crippen molar-refractivity contribution in [1.29, 1.82) is 0 Å². The van der Waals surface area contributed by atoms with Gasteiger partial charge in [-0.15, -0.1) is 11.3 Å². The van der Waals surface area contributed by atoms with E-state index in [-0.39, 0.29) is 47.6 Å². The third-order valence-electron chi connectivity index (χ3n) is 8.63. The molecular formula is C27H28F2N4O5S. The van der Waals surface area contributed by atoms with Crippen molar-refractivity contribution in [1.82, 2.24) is 15.2 Å². The molecule has 1 aliphatic carbocycles. The number of benzene rings is 1. The minimum absolute atomic E-state index is 0.0176. The van der Waals surface area contributed by atoms with E-state index < -0.39 is 29.6 Å². The van der Waals surface area contributed by atoms with E-state index in [4.69, 9.17) is 14.5 Å².